The fourth-order valence-electron chi connectivity index (χ4n) is 1.02. The summed E-state index contributed by atoms with van der Waals surface area (Å²) in [5, 5.41) is 0. The molecule has 52 valence electrons. The van der Waals surface area contributed by atoms with Gasteiger partial charge in [0.2, 0.25) is 0 Å². The second-order valence-corrected chi connectivity index (χ2v) is 3.97. The lowest BCUT2D eigenvalue weighted by Crippen LogP contribution is -2.06. The second-order valence-electron chi connectivity index (χ2n) is 2.30. The minimum Gasteiger partial charge on any atom is -0.161 e. The predicted molar refractivity (Wildman–Crippen MR) is 48.1 cm³/mol. The van der Waals surface area contributed by atoms with Crippen LogP contribution in [0.2, 0.25) is 0 Å². The molecule has 9 heavy (non-hydrogen) atoms. The molecular formula is C7H11BrS. The Morgan fingerprint density at radius 3 is 3.00 bits per heavy atom. The summed E-state index contributed by atoms with van der Waals surface area (Å²) in [5.41, 5.74) is 0. The molecule has 1 rings (SSSR count). The summed E-state index contributed by atoms with van der Waals surface area (Å²) in [6.45, 7) is 0. The summed E-state index contributed by atoms with van der Waals surface area (Å²) in [6, 6.07) is 0. The molecule has 0 amide bonds. The Morgan fingerprint density at radius 2 is 2.44 bits per heavy atom. The van der Waals surface area contributed by atoms with E-state index in [-0.39, 0.29) is 0 Å². The summed E-state index contributed by atoms with van der Waals surface area (Å²) < 4.78 is 0. The van der Waals surface area contributed by atoms with Crippen LogP contribution in [0.15, 0.2) is 11.1 Å². The van der Waals surface area contributed by atoms with Gasteiger partial charge < -0.3 is 0 Å². The molecule has 0 aromatic carbocycles. The lowest BCUT2D eigenvalue weighted by Gasteiger charge is -2.16. The zero-order valence-corrected chi connectivity index (χ0v) is 7.75. The molecule has 1 fully saturated rings. The molecule has 0 N–H and O–H groups in total. The molecular weight excluding hydrogens is 196 g/mol. The zero-order chi connectivity index (χ0) is 6.53. The summed E-state index contributed by atoms with van der Waals surface area (Å²) in [7, 11) is 0. The van der Waals surface area contributed by atoms with E-state index in [9.17, 15) is 0 Å². The predicted octanol–water partition coefficient (Wildman–Crippen LogP) is 3.04. The van der Waals surface area contributed by atoms with Crippen LogP contribution in [0, 0.1) is 5.92 Å². The number of rotatable bonds is 1. The molecule has 0 radical (unpaired) electrons. The summed E-state index contributed by atoms with van der Waals surface area (Å²) >= 11 is 5.37. The van der Waals surface area contributed by atoms with Crippen LogP contribution < -0.4 is 0 Å². The van der Waals surface area contributed by atoms with Gasteiger partial charge in [-0.1, -0.05) is 22.0 Å². The highest BCUT2D eigenvalue weighted by Crippen LogP contribution is 2.23. The Labute approximate surface area is 69.2 Å². The molecule has 1 aliphatic rings. The van der Waals surface area contributed by atoms with Crippen molar-refractivity contribution in [3.05, 3.63) is 11.1 Å². The maximum atomic E-state index is 3.30. The quantitative estimate of drug-likeness (QED) is 0.636. The van der Waals surface area contributed by atoms with Crippen LogP contribution in [-0.2, 0) is 0 Å². The van der Waals surface area contributed by atoms with Gasteiger partial charge in [0.25, 0.3) is 0 Å². The first kappa shape index (κ1) is 7.67. The summed E-state index contributed by atoms with van der Waals surface area (Å²) in [5.74, 6) is 3.53. The lowest BCUT2D eigenvalue weighted by molar-refractivity contribution is 0.631. The Morgan fingerprint density at radius 1 is 1.56 bits per heavy atom. The highest BCUT2D eigenvalue weighted by molar-refractivity contribution is 9.11. The first-order chi connectivity index (χ1) is 4.43. The third-order valence-electron chi connectivity index (χ3n) is 1.54. The van der Waals surface area contributed by atoms with E-state index in [4.69, 9.17) is 0 Å². The monoisotopic (exact) mass is 206 g/mol. The SMILES string of the molecule is Br/C=C/C1CCCSC1. The second kappa shape index (κ2) is 4.40. The van der Waals surface area contributed by atoms with Gasteiger partial charge in [0.05, 0.1) is 0 Å². The van der Waals surface area contributed by atoms with E-state index >= 15 is 0 Å². The molecule has 0 aromatic rings. The van der Waals surface area contributed by atoms with Gasteiger partial charge in [-0.15, -0.1) is 0 Å². The van der Waals surface area contributed by atoms with Crippen molar-refractivity contribution in [2.75, 3.05) is 11.5 Å². The van der Waals surface area contributed by atoms with Crippen molar-refractivity contribution in [2.45, 2.75) is 12.8 Å². The van der Waals surface area contributed by atoms with E-state index in [1.54, 1.807) is 0 Å². The number of halogens is 1. The summed E-state index contributed by atoms with van der Waals surface area (Å²) in [4.78, 5) is 1.99. The van der Waals surface area contributed by atoms with E-state index in [1.165, 1.54) is 24.3 Å². The van der Waals surface area contributed by atoms with Gasteiger partial charge in [-0.25, -0.2) is 0 Å². The minimum absolute atomic E-state index is 0.836. The average Bonchev–Trinajstić information content (AvgIpc) is 1.91. The molecule has 1 heterocycles. The van der Waals surface area contributed by atoms with Crippen molar-refractivity contribution in [1.29, 1.82) is 0 Å². The van der Waals surface area contributed by atoms with E-state index in [2.05, 4.69) is 33.8 Å². The third kappa shape index (κ3) is 2.76. The smallest absolute Gasteiger partial charge is 0.000416 e. The molecule has 0 bridgehead atoms. The van der Waals surface area contributed by atoms with Gasteiger partial charge in [-0.3, -0.25) is 0 Å². The molecule has 0 nitrogen and oxygen atoms in total. The molecule has 0 saturated carbocycles. The van der Waals surface area contributed by atoms with Crippen LogP contribution in [0.5, 0.6) is 0 Å². The van der Waals surface area contributed by atoms with Crippen LogP contribution in [0.25, 0.3) is 0 Å². The molecule has 2 heteroatoms. The molecule has 0 aliphatic carbocycles. The van der Waals surface area contributed by atoms with Crippen molar-refractivity contribution >= 4 is 27.7 Å². The molecule has 1 atom stereocenters. The number of allylic oxidation sites excluding steroid dienone is 1. The Bertz CT molecular complexity index is 95.1. The molecule has 1 saturated heterocycles. The maximum Gasteiger partial charge on any atom is -0.000416 e. The van der Waals surface area contributed by atoms with Crippen LogP contribution >= 0.6 is 27.7 Å². The zero-order valence-electron chi connectivity index (χ0n) is 5.35. The van der Waals surface area contributed by atoms with Gasteiger partial charge in [0, 0.05) is 0 Å². The Kier molecular flexibility index (Phi) is 3.75. The van der Waals surface area contributed by atoms with Crippen LogP contribution in [-0.4, -0.2) is 11.5 Å². The fraction of sp³-hybridized carbons (Fsp3) is 0.714. The Hall–Kier alpha value is 0.570. The van der Waals surface area contributed by atoms with Crippen LogP contribution in [0.4, 0.5) is 0 Å². The van der Waals surface area contributed by atoms with Gasteiger partial charge in [-0.2, -0.15) is 11.8 Å². The van der Waals surface area contributed by atoms with E-state index in [0.717, 1.165) is 5.92 Å². The van der Waals surface area contributed by atoms with Crippen LogP contribution in [0.3, 0.4) is 0 Å². The Balaban J connectivity index is 2.23. The number of hydrogen-bond acceptors (Lipinski definition) is 1. The minimum atomic E-state index is 0.836. The molecule has 0 aromatic heterocycles. The number of hydrogen-bond donors (Lipinski definition) is 0. The van der Waals surface area contributed by atoms with Gasteiger partial charge >= 0.3 is 0 Å². The normalized spacial score (nSPS) is 29.2. The highest BCUT2D eigenvalue weighted by atomic mass is 79.9. The molecule has 0 spiro atoms. The van der Waals surface area contributed by atoms with Crippen molar-refractivity contribution in [1.82, 2.24) is 0 Å². The maximum absolute atomic E-state index is 3.30. The summed E-state index contributed by atoms with van der Waals surface area (Å²) in [6.07, 6.45) is 5.04. The highest BCUT2D eigenvalue weighted by Gasteiger charge is 2.09. The molecule has 1 aliphatic heterocycles. The van der Waals surface area contributed by atoms with Crippen molar-refractivity contribution in [3.63, 3.8) is 0 Å². The van der Waals surface area contributed by atoms with Crippen molar-refractivity contribution < 1.29 is 0 Å². The van der Waals surface area contributed by atoms with Gasteiger partial charge in [0.15, 0.2) is 0 Å². The lowest BCUT2D eigenvalue weighted by atomic mass is 10.1. The number of thioether (sulfide) groups is 1. The first-order valence-electron chi connectivity index (χ1n) is 3.28. The standard InChI is InChI=1S/C7H11BrS/c8-4-3-7-2-1-5-9-6-7/h3-4,7H,1-2,5-6H2/b4-3+. The van der Waals surface area contributed by atoms with E-state index in [0.29, 0.717) is 0 Å². The van der Waals surface area contributed by atoms with Gasteiger partial charge in [0.1, 0.15) is 0 Å². The van der Waals surface area contributed by atoms with E-state index in [1.807, 2.05) is 4.99 Å². The van der Waals surface area contributed by atoms with Crippen molar-refractivity contribution in [3.8, 4) is 0 Å². The van der Waals surface area contributed by atoms with Gasteiger partial charge in [-0.05, 0) is 35.3 Å². The fourth-order valence-corrected chi connectivity index (χ4v) is 2.57. The van der Waals surface area contributed by atoms with Crippen LogP contribution in [0.1, 0.15) is 12.8 Å². The topological polar surface area (TPSA) is 0 Å². The first-order valence-corrected chi connectivity index (χ1v) is 5.35. The largest absolute Gasteiger partial charge is 0.161 e. The average molecular weight is 207 g/mol. The third-order valence-corrected chi connectivity index (χ3v) is 3.09. The van der Waals surface area contributed by atoms with Crippen molar-refractivity contribution in [2.24, 2.45) is 5.92 Å². The molecule has 1 unspecified atom stereocenters. The van der Waals surface area contributed by atoms with E-state index < -0.39 is 0 Å².